The molecule has 4 heteroatoms. The molecule has 1 N–H and O–H groups in total. The van der Waals surface area contributed by atoms with E-state index in [-0.39, 0.29) is 18.3 Å². The van der Waals surface area contributed by atoms with Crippen molar-refractivity contribution < 1.29 is 4.79 Å². The van der Waals surface area contributed by atoms with Crippen LogP contribution >= 0.6 is 12.4 Å². The summed E-state index contributed by atoms with van der Waals surface area (Å²) in [7, 11) is 0. The Bertz CT molecular complexity index is 203. The third-order valence-electron chi connectivity index (χ3n) is 2.93. The molecule has 1 rings (SSSR count). The summed E-state index contributed by atoms with van der Waals surface area (Å²) >= 11 is 0. The summed E-state index contributed by atoms with van der Waals surface area (Å²) in [5, 5.41) is 3.30. The van der Waals surface area contributed by atoms with E-state index in [0.717, 1.165) is 39.0 Å². The van der Waals surface area contributed by atoms with Gasteiger partial charge in [-0.1, -0.05) is 13.8 Å². The minimum atomic E-state index is 0. The molecule has 0 aromatic heterocycles. The largest absolute Gasteiger partial charge is 0.342 e. The number of piperidine rings is 1. The second-order valence-electron chi connectivity index (χ2n) is 4.81. The average Bonchev–Trinajstić information content (AvgIpc) is 2.26. The van der Waals surface area contributed by atoms with Crippen LogP contribution in [0.3, 0.4) is 0 Å². The Morgan fingerprint density at radius 1 is 1.50 bits per heavy atom. The van der Waals surface area contributed by atoms with Crippen molar-refractivity contribution in [3.63, 3.8) is 0 Å². The zero-order chi connectivity index (χ0) is 11.3. The lowest BCUT2D eigenvalue weighted by Gasteiger charge is -2.30. The standard InChI is InChI=1S/C12H24N2O.ClH/c1-4-14(9-10(2)3)12(15)11-6-5-7-13-8-11;/h10-11,13H,4-9H2,1-3H3;1H/t11-;/m1./s1. The molecule has 1 aliphatic heterocycles. The van der Waals surface area contributed by atoms with Gasteiger partial charge in [0.2, 0.25) is 5.91 Å². The number of carbonyl (C=O) groups is 1. The molecule has 1 aliphatic rings. The Balaban J connectivity index is 0.00000225. The summed E-state index contributed by atoms with van der Waals surface area (Å²) in [5.74, 6) is 1.13. The number of nitrogens with zero attached hydrogens (tertiary/aromatic N) is 1. The summed E-state index contributed by atoms with van der Waals surface area (Å²) in [6, 6.07) is 0. The molecule has 1 atom stereocenters. The molecule has 0 aliphatic carbocycles. The van der Waals surface area contributed by atoms with Gasteiger partial charge >= 0.3 is 0 Å². The first-order valence-electron chi connectivity index (χ1n) is 6.14. The molecule has 1 saturated heterocycles. The van der Waals surface area contributed by atoms with E-state index >= 15 is 0 Å². The van der Waals surface area contributed by atoms with E-state index in [4.69, 9.17) is 0 Å². The SMILES string of the molecule is CCN(CC(C)C)C(=O)[C@@H]1CCCNC1.Cl. The summed E-state index contributed by atoms with van der Waals surface area (Å²) in [6.07, 6.45) is 2.19. The quantitative estimate of drug-likeness (QED) is 0.825. The van der Waals surface area contributed by atoms with Crippen LogP contribution in [0.5, 0.6) is 0 Å². The van der Waals surface area contributed by atoms with Crippen molar-refractivity contribution in [2.75, 3.05) is 26.2 Å². The number of nitrogens with one attached hydrogen (secondary N) is 1. The van der Waals surface area contributed by atoms with Crippen molar-refractivity contribution in [1.82, 2.24) is 10.2 Å². The van der Waals surface area contributed by atoms with Gasteiger partial charge in [-0.05, 0) is 32.2 Å². The van der Waals surface area contributed by atoms with E-state index in [1.165, 1.54) is 0 Å². The Kier molecular flexibility index (Phi) is 7.77. The molecule has 1 amide bonds. The second kappa shape index (κ2) is 7.91. The predicted molar refractivity (Wildman–Crippen MR) is 69.9 cm³/mol. The number of carbonyl (C=O) groups excluding carboxylic acids is 1. The minimum Gasteiger partial charge on any atom is -0.342 e. The number of halogens is 1. The van der Waals surface area contributed by atoms with Crippen LogP contribution in [0.2, 0.25) is 0 Å². The van der Waals surface area contributed by atoms with Crippen molar-refractivity contribution in [3.05, 3.63) is 0 Å². The molecular formula is C12H25ClN2O. The molecule has 0 aromatic rings. The summed E-state index contributed by atoms with van der Waals surface area (Å²) in [6.45, 7) is 10.1. The molecule has 0 bridgehead atoms. The smallest absolute Gasteiger partial charge is 0.226 e. The molecule has 0 aromatic carbocycles. The monoisotopic (exact) mass is 248 g/mol. The van der Waals surface area contributed by atoms with Crippen LogP contribution in [-0.2, 0) is 4.79 Å². The molecule has 1 fully saturated rings. The highest BCUT2D eigenvalue weighted by molar-refractivity contribution is 5.85. The van der Waals surface area contributed by atoms with Crippen LogP contribution in [0.25, 0.3) is 0 Å². The van der Waals surface area contributed by atoms with E-state index in [1.54, 1.807) is 0 Å². The van der Waals surface area contributed by atoms with Gasteiger partial charge in [0.25, 0.3) is 0 Å². The van der Waals surface area contributed by atoms with Crippen LogP contribution in [0.4, 0.5) is 0 Å². The fourth-order valence-electron chi connectivity index (χ4n) is 2.14. The fourth-order valence-corrected chi connectivity index (χ4v) is 2.14. The van der Waals surface area contributed by atoms with Crippen molar-refractivity contribution >= 4 is 18.3 Å². The minimum absolute atomic E-state index is 0. The summed E-state index contributed by atoms with van der Waals surface area (Å²) in [4.78, 5) is 14.2. The zero-order valence-electron chi connectivity index (χ0n) is 10.7. The van der Waals surface area contributed by atoms with E-state index in [9.17, 15) is 4.79 Å². The maximum atomic E-state index is 12.2. The lowest BCUT2D eigenvalue weighted by molar-refractivity contribution is -0.136. The maximum absolute atomic E-state index is 12.2. The molecule has 1 heterocycles. The molecule has 0 radical (unpaired) electrons. The highest BCUT2D eigenvalue weighted by Crippen LogP contribution is 2.14. The predicted octanol–water partition coefficient (Wildman–Crippen LogP) is 1.91. The van der Waals surface area contributed by atoms with Crippen LogP contribution in [0.15, 0.2) is 0 Å². The Morgan fingerprint density at radius 2 is 2.19 bits per heavy atom. The van der Waals surface area contributed by atoms with Gasteiger partial charge in [-0.15, -0.1) is 12.4 Å². The van der Waals surface area contributed by atoms with Crippen molar-refractivity contribution in [2.24, 2.45) is 11.8 Å². The van der Waals surface area contributed by atoms with Crippen LogP contribution in [-0.4, -0.2) is 37.0 Å². The van der Waals surface area contributed by atoms with Crippen LogP contribution < -0.4 is 5.32 Å². The third-order valence-corrected chi connectivity index (χ3v) is 2.93. The first kappa shape index (κ1) is 15.7. The van der Waals surface area contributed by atoms with Gasteiger partial charge in [0, 0.05) is 19.6 Å². The van der Waals surface area contributed by atoms with Crippen molar-refractivity contribution in [2.45, 2.75) is 33.6 Å². The number of amides is 1. The van der Waals surface area contributed by atoms with Gasteiger partial charge in [0.1, 0.15) is 0 Å². The summed E-state index contributed by atoms with van der Waals surface area (Å²) in [5.41, 5.74) is 0. The zero-order valence-corrected chi connectivity index (χ0v) is 11.5. The lowest BCUT2D eigenvalue weighted by atomic mass is 9.97. The molecule has 16 heavy (non-hydrogen) atoms. The van der Waals surface area contributed by atoms with Crippen LogP contribution in [0.1, 0.15) is 33.6 Å². The molecular weight excluding hydrogens is 224 g/mol. The van der Waals surface area contributed by atoms with E-state index in [2.05, 4.69) is 26.1 Å². The maximum Gasteiger partial charge on any atom is 0.226 e. The highest BCUT2D eigenvalue weighted by atomic mass is 35.5. The normalized spacial score (nSPS) is 20.4. The van der Waals surface area contributed by atoms with Gasteiger partial charge < -0.3 is 10.2 Å². The molecule has 0 spiro atoms. The Labute approximate surface area is 105 Å². The Morgan fingerprint density at radius 3 is 2.62 bits per heavy atom. The molecule has 0 unspecified atom stereocenters. The third kappa shape index (κ3) is 4.71. The number of hydrogen-bond donors (Lipinski definition) is 1. The fraction of sp³-hybridized carbons (Fsp3) is 0.917. The van der Waals surface area contributed by atoms with Gasteiger partial charge in [-0.2, -0.15) is 0 Å². The molecule has 3 nitrogen and oxygen atoms in total. The van der Waals surface area contributed by atoms with E-state index < -0.39 is 0 Å². The van der Waals surface area contributed by atoms with E-state index in [1.807, 2.05) is 4.90 Å². The molecule has 0 saturated carbocycles. The Hall–Kier alpha value is -0.280. The van der Waals surface area contributed by atoms with Gasteiger partial charge in [-0.25, -0.2) is 0 Å². The lowest BCUT2D eigenvalue weighted by Crippen LogP contribution is -2.44. The van der Waals surface area contributed by atoms with Crippen LogP contribution in [0, 0.1) is 11.8 Å². The van der Waals surface area contributed by atoms with Gasteiger partial charge in [-0.3, -0.25) is 4.79 Å². The van der Waals surface area contributed by atoms with Gasteiger partial charge in [0.05, 0.1) is 5.92 Å². The average molecular weight is 249 g/mol. The first-order chi connectivity index (χ1) is 7.15. The van der Waals surface area contributed by atoms with E-state index in [0.29, 0.717) is 11.8 Å². The number of rotatable bonds is 4. The highest BCUT2D eigenvalue weighted by Gasteiger charge is 2.25. The van der Waals surface area contributed by atoms with Crippen molar-refractivity contribution in [3.8, 4) is 0 Å². The first-order valence-corrected chi connectivity index (χ1v) is 6.14. The van der Waals surface area contributed by atoms with Crippen molar-refractivity contribution in [1.29, 1.82) is 0 Å². The topological polar surface area (TPSA) is 32.3 Å². The molecule has 96 valence electrons. The second-order valence-corrected chi connectivity index (χ2v) is 4.81. The number of hydrogen-bond acceptors (Lipinski definition) is 2. The summed E-state index contributed by atoms with van der Waals surface area (Å²) < 4.78 is 0. The van der Waals surface area contributed by atoms with Gasteiger partial charge in [0.15, 0.2) is 0 Å².